The van der Waals surface area contributed by atoms with E-state index in [2.05, 4.69) is 12.2 Å². The highest BCUT2D eigenvalue weighted by Crippen LogP contribution is 2.12. The molecule has 0 bridgehead atoms. The van der Waals surface area contributed by atoms with E-state index in [0.717, 1.165) is 11.5 Å². The van der Waals surface area contributed by atoms with Gasteiger partial charge in [-0.3, -0.25) is 4.79 Å². The summed E-state index contributed by atoms with van der Waals surface area (Å²) in [6.45, 7) is 2.09. The highest BCUT2D eigenvalue weighted by Gasteiger charge is 2.12. The summed E-state index contributed by atoms with van der Waals surface area (Å²) < 4.78 is 0. The molecule has 1 amide bonds. The SMILES string of the molecule is CCSCC[C@H](N)C(=O)Nc1cccc(N)c1. The zero-order valence-electron chi connectivity index (χ0n) is 9.98. The first-order valence-corrected chi connectivity index (χ1v) is 6.78. The van der Waals surface area contributed by atoms with E-state index in [1.807, 2.05) is 0 Å². The van der Waals surface area contributed by atoms with Gasteiger partial charge in [-0.2, -0.15) is 11.8 Å². The van der Waals surface area contributed by atoms with Crippen LogP contribution in [-0.4, -0.2) is 23.5 Å². The fraction of sp³-hybridized carbons (Fsp3) is 0.417. The Kier molecular flexibility index (Phi) is 5.86. The van der Waals surface area contributed by atoms with Gasteiger partial charge in [0.2, 0.25) is 5.91 Å². The van der Waals surface area contributed by atoms with Gasteiger partial charge in [-0.05, 0) is 36.1 Å². The van der Waals surface area contributed by atoms with Crippen molar-refractivity contribution in [2.75, 3.05) is 22.6 Å². The van der Waals surface area contributed by atoms with E-state index in [1.165, 1.54) is 0 Å². The number of amides is 1. The summed E-state index contributed by atoms with van der Waals surface area (Å²) in [5, 5.41) is 2.76. The van der Waals surface area contributed by atoms with Crippen molar-refractivity contribution in [1.29, 1.82) is 0 Å². The zero-order chi connectivity index (χ0) is 12.7. The second kappa shape index (κ2) is 7.19. The van der Waals surface area contributed by atoms with Crippen molar-refractivity contribution in [3.05, 3.63) is 24.3 Å². The second-order valence-electron chi connectivity index (χ2n) is 3.71. The minimum Gasteiger partial charge on any atom is -0.399 e. The number of rotatable bonds is 6. The molecule has 0 radical (unpaired) electrons. The minimum absolute atomic E-state index is 0.160. The van der Waals surface area contributed by atoms with Crippen molar-refractivity contribution >= 4 is 29.0 Å². The van der Waals surface area contributed by atoms with Gasteiger partial charge in [0.25, 0.3) is 0 Å². The van der Waals surface area contributed by atoms with Gasteiger partial charge in [0.15, 0.2) is 0 Å². The fourth-order valence-electron chi connectivity index (χ4n) is 1.34. The molecule has 0 saturated heterocycles. The Balaban J connectivity index is 2.43. The lowest BCUT2D eigenvalue weighted by molar-refractivity contribution is -0.117. The smallest absolute Gasteiger partial charge is 0.241 e. The Labute approximate surface area is 106 Å². The molecule has 0 saturated carbocycles. The quantitative estimate of drug-likeness (QED) is 0.532. The van der Waals surface area contributed by atoms with Gasteiger partial charge in [-0.1, -0.05) is 13.0 Å². The van der Waals surface area contributed by atoms with Crippen molar-refractivity contribution in [3.8, 4) is 0 Å². The third-order valence-electron chi connectivity index (χ3n) is 2.27. The molecule has 94 valence electrons. The first-order chi connectivity index (χ1) is 8.13. The molecule has 0 aliphatic carbocycles. The average Bonchev–Trinajstić information content (AvgIpc) is 2.29. The maximum Gasteiger partial charge on any atom is 0.241 e. The largest absolute Gasteiger partial charge is 0.399 e. The van der Waals surface area contributed by atoms with Crippen LogP contribution in [0.2, 0.25) is 0 Å². The van der Waals surface area contributed by atoms with Crippen LogP contribution in [0.3, 0.4) is 0 Å². The number of hydrogen-bond donors (Lipinski definition) is 3. The Morgan fingerprint density at radius 2 is 2.29 bits per heavy atom. The number of nitrogens with two attached hydrogens (primary N) is 2. The molecule has 0 fully saturated rings. The second-order valence-corrected chi connectivity index (χ2v) is 5.10. The Morgan fingerprint density at radius 1 is 1.53 bits per heavy atom. The van der Waals surface area contributed by atoms with E-state index in [1.54, 1.807) is 36.0 Å². The molecule has 0 aromatic heterocycles. The molecular formula is C12H19N3OS. The lowest BCUT2D eigenvalue weighted by Crippen LogP contribution is -2.36. The number of nitrogens with one attached hydrogen (secondary N) is 1. The van der Waals surface area contributed by atoms with Crippen LogP contribution in [0, 0.1) is 0 Å². The molecule has 1 atom stereocenters. The molecule has 0 spiro atoms. The van der Waals surface area contributed by atoms with Crippen LogP contribution in [0.15, 0.2) is 24.3 Å². The van der Waals surface area contributed by atoms with Crippen LogP contribution in [0.1, 0.15) is 13.3 Å². The van der Waals surface area contributed by atoms with E-state index in [0.29, 0.717) is 17.8 Å². The molecule has 5 N–H and O–H groups in total. The van der Waals surface area contributed by atoms with Crippen molar-refractivity contribution < 1.29 is 4.79 Å². The lowest BCUT2D eigenvalue weighted by Gasteiger charge is -2.12. The van der Waals surface area contributed by atoms with Gasteiger partial charge < -0.3 is 16.8 Å². The lowest BCUT2D eigenvalue weighted by atomic mass is 10.2. The van der Waals surface area contributed by atoms with Crippen LogP contribution in [0.5, 0.6) is 0 Å². The van der Waals surface area contributed by atoms with Crippen molar-refractivity contribution in [2.45, 2.75) is 19.4 Å². The maximum atomic E-state index is 11.7. The topological polar surface area (TPSA) is 81.1 Å². The predicted octanol–water partition coefficient (Wildman–Crippen LogP) is 1.68. The van der Waals surface area contributed by atoms with Gasteiger partial charge in [0, 0.05) is 11.4 Å². The van der Waals surface area contributed by atoms with Gasteiger partial charge in [0.05, 0.1) is 6.04 Å². The highest BCUT2D eigenvalue weighted by molar-refractivity contribution is 7.99. The molecule has 0 unspecified atom stereocenters. The number of thioether (sulfide) groups is 1. The fourth-order valence-corrected chi connectivity index (χ4v) is 2.05. The van der Waals surface area contributed by atoms with Gasteiger partial charge in [0.1, 0.15) is 0 Å². The van der Waals surface area contributed by atoms with Crippen molar-refractivity contribution in [2.24, 2.45) is 5.73 Å². The molecule has 17 heavy (non-hydrogen) atoms. The third-order valence-corrected chi connectivity index (χ3v) is 3.20. The Hall–Kier alpha value is -1.20. The van der Waals surface area contributed by atoms with E-state index in [4.69, 9.17) is 11.5 Å². The van der Waals surface area contributed by atoms with Gasteiger partial charge in [-0.15, -0.1) is 0 Å². The van der Waals surface area contributed by atoms with Crippen molar-refractivity contribution in [1.82, 2.24) is 0 Å². The number of carbonyl (C=O) groups is 1. The average molecular weight is 253 g/mol. The maximum absolute atomic E-state index is 11.7. The molecule has 1 aromatic rings. The number of nitrogen functional groups attached to an aromatic ring is 1. The first-order valence-electron chi connectivity index (χ1n) is 5.63. The Bertz CT molecular complexity index is 371. The molecule has 1 rings (SSSR count). The van der Waals surface area contributed by atoms with Crippen LogP contribution >= 0.6 is 11.8 Å². The summed E-state index contributed by atoms with van der Waals surface area (Å²) >= 11 is 1.78. The van der Waals surface area contributed by atoms with E-state index < -0.39 is 6.04 Å². The third kappa shape index (κ3) is 5.10. The number of anilines is 2. The molecule has 0 aliphatic heterocycles. The van der Waals surface area contributed by atoms with Crippen LogP contribution < -0.4 is 16.8 Å². The minimum atomic E-state index is -0.463. The molecule has 1 aromatic carbocycles. The summed E-state index contributed by atoms with van der Waals surface area (Å²) in [4.78, 5) is 11.7. The zero-order valence-corrected chi connectivity index (χ0v) is 10.8. The number of hydrogen-bond acceptors (Lipinski definition) is 4. The highest BCUT2D eigenvalue weighted by atomic mass is 32.2. The first kappa shape index (κ1) is 13.9. The van der Waals surface area contributed by atoms with E-state index >= 15 is 0 Å². The Morgan fingerprint density at radius 3 is 2.94 bits per heavy atom. The summed E-state index contributed by atoms with van der Waals surface area (Å²) in [5.41, 5.74) is 12.7. The van der Waals surface area contributed by atoms with Gasteiger partial charge in [-0.25, -0.2) is 0 Å². The van der Waals surface area contributed by atoms with E-state index in [-0.39, 0.29) is 5.91 Å². The molecule has 0 heterocycles. The molecular weight excluding hydrogens is 234 g/mol. The summed E-state index contributed by atoms with van der Waals surface area (Å²) in [7, 11) is 0. The molecule has 0 aliphatic rings. The van der Waals surface area contributed by atoms with E-state index in [9.17, 15) is 4.79 Å². The van der Waals surface area contributed by atoms with Crippen LogP contribution in [0.25, 0.3) is 0 Å². The summed E-state index contributed by atoms with van der Waals surface area (Å²) in [6, 6.07) is 6.61. The van der Waals surface area contributed by atoms with Crippen molar-refractivity contribution in [3.63, 3.8) is 0 Å². The van der Waals surface area contributed by atoms with Crippen LogP contribution in [0.4, 0.5) is 11.4 Å². The number of carbonyl (C=O) groups excluding carboxylic acids is 1. The normalized spacial score (nSPS) is 12.1. The monoisotopic (exact) mass is 253 g/mol. The van der Waals surface area contributed by atoms with Crippen LogP contribution in [-0.2, 0) is 4.79 Å². The molecule has 4 nitrogen and oxygen atoms in total. The predicted molar refractivity (Wildman–Crippen MR) is 75.1 cm³/mol. The summed E-state index contributed by atoms with van der Waals surface area (Å²) in [5.74, 6) is 1.79. The number of benzene rings is 1. The summed E-state index contributed by atoms with van der Waals surface area (Å²) in [6.07, 6.45) is 0.687. The standard InChI is InChI=1S/C12H19N3OS/c1-2-17-7-6-11(14)12(16)15-10-5-3-4-9(13)8-10/h3-5,8,11H,2,6-7,13-14H2,1H3,(H,15,16)/t11-/m0/s1. The molecule has 5 heteroatoms. The van der Waals surface area contributed by atoms with Gasteiger partial charge >= 0.3 is 0 Å².